The van der Waals surface area contributed by atoms with Gasteiger partial charge in [-0.05, 0) is 74.6 Å². The molecule has 1 aliphatic rings. The van der Waals surface area contributed by atoms with Crippen LogP contribution in [0.2, 0.25) is 0 Å². The summed E-state index contributed by atoms with van der Waals surface area (Å²) in [4.78, 5) is 0. The van der Waals surface area contributed by atoms with Gasteiger partial charge in [0.2, 0.25) is 0 Å². The molecule has 1 unspecified atom stereocenters. The molecule has 2 aromatic carbocycles. The highest BCUT2D eigenvalue weighted by atomic mass is 19.1. The molecule has 0 aromatic heterocycles. The van der Waals surface area contributed by atoms with Gasteiger partial charge in [0.05, 0.1) is 32.5 Å². The molecule has 6 heteroatoms. The van der Waals surface area contributed by atoms with Gasteiger partial charge >= 0.3 is 0 Å². The molecule has 206 valence electrons. The molecule has 1 aliphatic heterocycles. The lowest BCUT2D eigenvalue weighted by Gasteiger charge is -2.30. The monoisotopic (exact) mass is 516 g/mol. The van der Waals surface area contributed by atoms with Gasteiger partial charge in [0.1, 0.15) is 17.3 Å². The van der Waals surface area contributed by atoms with Gasteiger partial charge in [-0.25, -0.2) is 4.39 Å². The Hall–Kier alpha value is -2.15. The number of ether oxygens (including phenoxy) is 5. The summed E-state index contributed by atoms with van der Waals surface area (Å²) in [5.41, 5.74) is 2.46. The van der Waals surface area contributed by atoms with Crippen molar-refractivity contribution < 1.29 is 28.1 Å². The molecular formula is C31H45FO5. The third-order valence-corrected chi connectivity index (χ3v) is 6.99. The molecular weight excluding hydrogens is 471 g/mol. The molecule has 0 aliphatic carbocycles. The molecule has 0 saturated carbocycles. The second-order valence-electron chi connectivity index (χ2n) is 10.5. The fourth-order valence-electron chi connectivity index (χ4n) is 5.17. The summed E-state index contributed by atoms with van der Waals surface area (Å²) in [6.45, 7) is 10.4. The molecule has 3 atom stereocenters. The first-order valence-electron chi connectivity index (χ1n) is 13.7. The van der Waals surface area contributed by atoms with Crippen molar-refractivity contribution in [3.05, 3.63) is 58.9 Å². The van der Waals surface area contributed by atoms with E-state index in [0.717, 1.165) is 55.8 Å². The maximum Gasteiger partial charge on any atom is 0.127 e. The Labute approximate surface area is 222 Å². The molecule has 0 spiro atoms. The van der Waals surface area contributed by atoms with Gasteiger partial charge in [0.15, 0.2) is 0 Å². The Morgan fingerprint density at radius 2 is 1.62 bits per heavy atom. The highest BCUT2D eigenvalue weighted by molar-refractivity contribution is 5.40. The maximum atomic E-state index is 15.4. The Morgan fingerprint density at radius 1 is 0.919 bits per heavy atom. The SMILES string of the molecule is CCO[C@@H](CC(C)C)c1cc(F)c(CC(C)C[C@H](OC2CCOCC2)c2ccccc2OC)cc1OC. The van der Waals surface area contributed by atoms with E-state index >= 15 is 4.39 Å². The Morgan fingerprint density at radius 3 is 2.27 bits per heavy atom. The van der Waals surface area contributed by atoms with Crippen molar-refractivity contribution in [1.82, 2.24) is 0 Å². The van der Waals surface area contributed by atoms with Crippen LogP contribution in [0.15, 0.2) is 36.4 Å². The van der Waals surface area contributed by atoms with Gasteiger partial charge in [-0.15, -0.1) is 0 Å². The van der Waals surface area contributed by atoms with Crippen molar-refractivity contribution in [3.8, 4) is 11.5 Å². The van der Waals surface area contributed by atoms with Crippen LogP contribution in [-0.4, -0.2) is 40.1 Å². The van der Waals surface area contributed by atoms with Crippen LogP contribution in [0.25, 0.3) is 0 Å². The van der Waals surface area contributed by atoms with Crippen LogP contribution in [0.3, 0.4) is 0 Å². The van der Waals surface area contributed by atoms with E-state index in [9.17, 15) is 0 Å². The first-order valence-corrected chi connectivity index (χ1v) is 13.7. The fraction of sp³-hybridized carbons (Fsp3) is 0.613. The third kappa shape index (κ3) is 8.42. The summed E-state index contributed by atoms with van der Waals surface area (Å²) < 4.78 is 44.9. The van der Waals surface area contributed by atoms with Crippen LogP contribution in [0, 0.1) is 17.7 Å². The molecule has 37 heavy (non-hydrogen) atoms. The Kier molecular flexibility index (Phi) is 11.7. The van der Waals surface area contributed by atoms with Gasteiger partial charge in [-0.3, -0.25) is 0 Å². The fourth-order valence-corrected chi connectivity index (χ4v) is 5.17. The quantitative estimate of drug-likeness (QED) is 0.261. The highest BCUT2D eigenvalue weighted by Crippen LogP contribution is 2.38. The average Bonchev–Trinajstić information content (AvgIpc) is 2.89. The van der Waals surface area contributed by atoms with Gasteiger partial charge in [0, 0.05) is 30.9 Å². The minimum atomic E-state index is -0.213. The van der Waals surface area contributed by atoms with Crippen LogP contribution in [0.1, 0.15) is 82.3 Å². The van der Waals surface area contributed by atoms with Crippen LogP contribution >= 0.6 is 0 Å². The number of hydrogen-bond acceptors (Lipinski definition) is 5. The number of hydrogen-bond donors (Lipinski definition) is 0. The summed E-state index contributed by atoms with van der Waals surface area (Å²) >= 11 is 0. The smallest absolute Gasteiger partial charge is 0.127 e. The van der Waals surface area contributed by atoms with Crippen LogP contribution < -0.4 is 9.47 Å². The van der Waals surface area contributed by atoms with E-state index in [4.69, 9.17) is 23.7 Å². The number of benzene rings is 2. The second-order valence-corrected chi connectivity index (χ2v) is 10.5. The minimum Gasteiger partial charge on any atom is -0.496 e. The summed E-state index contributed by atoms with van der Waals surface area (Å²) in [6, 6.07) is 11.5. The van der Waals surface area contributed by atoms with Crippen LogP contribution in [-0.2, 0) is 20.6 Å². The van der Waals surface area contributed by atoms with E-state index in [1.54, 1.807) is 20.3 Å². The topological polar surface area (TPSA) is 46.2 Å². The van der Waals surface area contributed by atoms with Gasteiger partial charge in [-0.1, -0.05) is 39.0 Å². The van der Waals surface area contributed by atoms with E-state index in [2.05, 4.69) is 26.8 Å². The maximum absolute atomic E-state index is 15.4. The molecule has 0 amide bonds. The Balaban J connectivity index is 1.81. The lowest BCUT2D eigenvalue weighted by atomic mass is 9.90. The van der Waals surface area contributed by atoms with Crippen molar-refractivity contribution in [1.29, 1.82) is 0 Å². The van der Waals surface area contributed by atoms with Gasteiger partial charge in [-0.2, -0.15) is 0 Å². The van der Waals surface area contributed by atoms with Crippen molar-refractivity contribution in [3.63, 3.8) is 0 Å². The summed E-state index contributed by atoms with van der Waals surface area (Å²) in [5, 5.41) is 0. The summed E-state index contributed by atoms with van der Waals surface area (Å²) in [7, 11) is 3.33. The first kappa shape index (κ1) is 29.4. The lowest BCUT2D eigenvalue weighted by Crippen LogP contribution is -2.26. The molecule has 1 fully saturated rings. The average molecular weight is 517 g/mol. The predicted molar refractivity (Wildman–Crippen MR) is 145 cm³/mol. The van der Waals surface area contributed by atoms with Crippen molar-refractivity contribution >= 4 is 0 Å². The van der Waals surface area contributed by atoms with E-state index in [0.29, 0.717) is 30.3 Å². The zero-order valence-electron chi connectivity index (χ0n) is 23.4. The lowest BCUT2D eigenvalue weighted by molar-refractivity contribution is -0.0765. The summed E-state index contributed by atoms with van der Waals surface area (Å²) in [6.07, 6.45) is 3.70. The second kappa shape index (κ2) is 14.7. The first-order chi connectivity index (χ1) is 17.9. The largest absolute Gasteiger partial charge is 0.496 e. The standard InChI is InChI=1S/C31H45FO5/c1-7-36-30(16-21(2)3)26-20-27(32)23(19-29(26)34-6)17-22(4)18-31(37-24-12-14-35-15-13-24)25-10-8-9-11-28(25)33-5/h8-11,19-22,24,30-31H,7,12-18H2,1-6H3/t22?,30-,31-/m0/s1. The molecule has 1 heterocycles. The number of rotatable bonds is 14. The van der Waals surface area contributed by atoms with Crippen molar-refractivity contribution in [2.24, 2.45) is 11.8 Å². The molecule has 0 N–H and O–H groups in total. The van der Waals surface area contributed by atoms with Gasteiger partial charge in [0.25, 0.3) is 0 Å². The number of para-hydroxylation sites is 1. The molecule has 3 rings (SSSR count). The molecule has 5 nitrogen and oxygen atoms in total. The summed E-state index contributed by atoms with van der Waals surface area (Å²) in [5.74, 6) is 1.87. The number of methoxy groups -OCH3 is 2. The van der Waals surface area contributed by atoms with E-state index in [-0.39, 0.29) is 30.0 Å². The van der Waals surface area contributed by atoms with Crippen LogP contribution in [0.5, 0.6) is 11.5 Å². The van der Waals surface area contributed by atoms with E-state index < -0.39 is 0 Å². The van der Waals surface area contributed by atoms with E-state index in [1.165, 1.54) is 0 Å². The molecule has 0 bridgehead atoms. The zero-order chi connectivity index (χ0) is 26.8. The van der Waals surface area contributed by atoms with Crippen molar-refractivity contribution in [2.45, 2.75) is 78.1 Å². The van der Waals surface area contributed by atoms with Crippen molar-refractivity contribution in [2.75, 3.05) is 34.0 Å². The normalized spacial score (nSPS) is 17.0. The molecule has 1 saturated heterocycles. The van der Waals surface area contributed by atoms with Gasteiger partial charge < -0.3 is 23.7 Å². The Bertz CT molecular complexity index is 957. The molecule has 0 radical (unpaired) electrons. The third-order valence-electron chi connectivity index (χ3n) is 6.99. The zero-order valence-corrected chi connectivity index (χ0v) is 23.4. The molecule has 2 aromatic rings. The van der Waals surface area contributed by atoms with Crippen LogP contribution in [0.4, 0.5) is 4.39 Å². The highest BCUT2D eigenvalue weighted by Gasteiger charge is 2.26. The predicted octanol–water partition coefficient (Wildman–Crippen LogP) is 7.47. The number of halogens is 1. The van der Waals surface area contributed by atoms with E-state index in [1.807, 2.05) is 31.2 Å². The minimum absolute atomic E-state index is 0.142.